The second-order valence-corrected chi connectivity index (χ2v) is 6.05. The summed E-state index contributed by atoms with van der Waals surface area (Å²) < 4.78 is 16.7. The standard InChI is InChI=1S/C20H27NO3.C2H2O4/c1-2-13-23-19-8-10-20(11-9-19)24-16-15-22-14-12-21-17-18-6-4-3-5-7-18;3-1(4)2(5)6/h3-11,21H,2,12-17H2,1H3;(H,3,4)(H,5,6). The Labute approximate surface area is 176 Å². The van der Waals surface area contributed by atoms with Crippen molar-refractivity contribution < 1.29 is 34.0 Å². The van der Waals surface area contributed by atoms with E-state index >= 15 is 0 Å². The second-order valence-electron chi connectivity index (χ2n) is 6.05. The molecule has 0 bridgehead atoms. The van der Waals surface area contributed by atoms with E-state index < -0.39 is 11.9 Å². The molecule has 2 rings (SSSR count). The average Bonchev–Trinajstić information content (AvgIpc) is 2.76. The van der Waals surface area contributed by atoms with E-state index in [0.717, 1.165) is 37.6 Å². The Bertz CT molecular complexity index is 708. The monoisotopic (exact) mass is 419 g/mol. The summed E-state index contributed by atoms with van der Waals surface area (Å²) in [6.45, 7) is 6.35. The number of hydrogen-bond acceptors (Lipinski definition) is 6. The van der Waals surface area contributed by atoms with E-state index in [1.807, 2.05) is 42.5 Å². The van der Waals surface area contributed by atoms with Crippen LogP contribution in [-0.4, -0.2) is 55.1 Å². The van der Waals surface area contributed by atoms with Gasteiger partial charge in [0.25, 0.3) is 0 Å². The highest BCUT2D eigenvalue weighted by molar-refractivity contribution is 6.27. The summed E-state index contributed by atoms with van der Waals surface area (Å²) in [6, 6.07) is 18.1. The maximum Gasteiger partial charge on any atom is 0.414 e. The molecule has 8 nitrogen and oxygen atoms in total. The van der Waals surface area contributed by atoms with Crippen molar-refractivity contribution in [2.24, 2.45) is 0 Å². The quantitative estimate of drug-likeness (QED) is 0.355. The van der Waals surface area contributed by atoms with Crippen LogP contribution in [0.1, 0.15) is 18.9 Å². The minimum absolute atomic E-state index is 0.549. The van der Waals surface area contributed by atoms with Gasteiger partial charge in [-0.25, -0.2) is 9.59 Å². The molecule has 3 N–H and O–H groups in total. The topological polar surface area (TPSA) is 114 Å². The summed E-state index contributed by atoms with van der Waals surface area (Å²) in [5.41, 5.74) is 1.28. The summed E-state index contributed by atoms with van der Waals surface area (Å²) >= 11 is 0. The molecular formula is C22H29NO7. The molecule has 0 atom stereocenters. The first kappa shape index (κ1) is 24.9. The van der Waals surface area contributed by atoms with Crippen LogP contribution >= 0.6 is 0 Å². The van der Waals surface area contributed by atoms with Crippen molar-refractivity contribution in [3.63, 3.8) is 0 Å². The van der Waals surface area contributed by atoms with Crippen molar-refractivity contribution in [2.75, 3.05) is 33.0 Å². The van der Waals surface area contributed by atoms with E-state index in [9.17, 15) is 0 Å². The van der Waals surface area contributed by atoms with E-state index in [1.165, 1.54) is 5.56 Å². The van der Waals surface area contributed by atoms with Crippen LogP contribution in [-0.2, 0) is 20.9 Å². The van der Waals surface area contributed by atoms with Crippen molar-refractivity contribution in [3.8, 4) is 11.5 Å². The summed E-state index contributed by atoms with van der Waals surface area (Å²) in [4.78, 5) is 18.2. The molecule has 8 heteroatoms. The first-order chi connectivity index (χ1) is 14.5. The third kappa shape index (κ3) is 12.4. The molecule has 0 saturated heterocycles. The Hall–Kier alpha value is -3.10. The van der Waals surface area contributed by atoms with Gasteiger partial charge in [0.1, 0.15) is 18.1 Å². The molecule has 0 aromatic heterocycles. The largest absolute Gasteiger partial charge is 0.494 e. The maximum absolute atomic E-state index is 9.10. The van der Waals surface area contributed by atoms with E-state index in [2.05, 4.69) is 24.4 Å². The minimum atomic E-state index is -1.82. The summed E-state index contributed by atoms with van der Waals surface area (Å²) in [7, 11) is 0. The number of carboxylic acids is 2. The number of carbonyl (C=O) groups is 2. The van der Waals surface area contributed by atoms with Crippen molar-refractivity contribution in [1.29, 1.82) is 0 Å². The second kappa shape index (κ2) is 15.8. The summed E-state index contributed by atoms with van der Waals surface area (Å²) in [5.74, 6) is -1.93. The Balaban J connectivity index is 0.000000656. The van der Waals surface area contributed by atoms with E-state index in [1.54, 1.807) is 0 Å². The lowest BCUT2D eigenvalue weighted by Gasteiger charge is -2.09. The zero-order chi connectivity index (χ0) is 22.0. The Kier molecular flexibility index (Phi) is 13.1. The van der Waals surface area contributed by atoms with Gasteiger partial charge in [-0.2, -0.15) is 0 Å². The predicted octanol–water partition coefficient (Wildman–Crippen LogP) is 2.82. The Morgan fingerprint density at radius 1 is 0.800 bits per heavy atom. The Morgan fingerprint density at radius 3 is 1.90 bits per heavy atom. The van der Waals surface area contributed by atoms with Gasteiger partial charge in [-0.3, -0.25) is 0 Å². The van der Waals surface area contributed by atoms with Gasteiger partial charge in [-0.15, -0.1) is 0 Å². The average molecular weight is 419 g/mol. The highest BCUT2D eigenvalue weighted by atomic mass is 16.5. The van der Waals surface area contributed by atoms with Crippen LogP contribution in [0.3, 0.4) is 0 Å². The van der Waals surface area contributed by atoms with Crippen LogP contribution in [0, 0.1) is 0 Å². The smallest absolute Gasteiger partial charge is 0.414 e. The van der Waals surface area contributed by atoms with Gasteiger partial charge in [-0.1, -0.05) is 37.3 Å². The lowest BCUT2D eigenvalue weighted by atomic mass is 10.2. The number of nitrogens with one attached hydrogen (secondary N) is 1. The van der Waals surface area contributed by atoms with E-state index in [4.69, 9.17) is 34.0 Å². The SMILES string of the molecule is CCCOc1ccc(OCCOCCNCc2ccccc2)cc1.O=C(O)C(=O)O. The fraction of sp³-hybridized carbons (Fsp3) is 0.364. The Morgan fingerprint density at radius 2 is 1.37 bits per heavy atom. The molecule has 2 aromatic rings. The number of rotatable bonds is 12. The third-order valence-electron chi connectivity index (χ3n) is 3.57. The molecule has 0 unspecified atom stereocenters. The summed E-state index contributed by atoms with van der Waals surface area (Å²) in [5, 5.41) is 18.1. The number of aliphatic carboxylic acids is 2. The van der Waals surface area contributed by atoms with Crippen LogP contribution < -0.4 is 14.8 Å². The van der Waals surface area contributed by atoms with Crippen LogP contribution in [0.5, 0.6) is 11.5 Å². The number of benzene rings is 2. The lowest BCUT2D eigenvalue weighted by molar-refractivity contribution is -0.159. The van der Waals surface area contributed by atoms with Crippen molar-refractivity contribution >= 4 is 11.9 Å². The van der Waals surface area contributed by atoms with E-state index in [-0.39, 0.29) is 0 Å². The molecule has 0 amide bonds. The fourth-order valence-corrected chi connectivity index (χ4v) is 2.15. The molecule has 164 valence electrons. The van der Waals surface area contributed by atoms with Gasteiger partial charge in [0.2, 0.25) is 0 Å². The highest BCUT2D eigenvalue weighted by Gasteiger charge is 2.04. The van der Waals surface area contributed by atoms with Crippen LogP contribution in [0.25, 0.3) is 0 Å². The molecule has 0 saturated carbocycles. The molecule has 0 radical (unpaired) electrons. The molecule has 0 spiro atoms. The van der Waals surface area contributed by atoms with Gasteiger partial charge in [0.15, 0.2) is 0 Å². The van der Waals surface area contributed by atoms with E-state index in [0.29, 0.717) is 19.8 Å². The molecule has 2 aromatic carbocycles. The molecule has 30 heavy (non-hydrogen) atoms. The lowest BCUT2D eigenvalue weighted by Crippen LogP contribution is -2.20. The third-order valence-corrected chi connectivity index (χ3v) is 3.57. The maximum atomic E-state index is 9.10. The zero-order valence-electron chi connectivity index (χ0n) is 17.1. The normalized spacial score (nSPS) is 9.90. The van der Waals surface area contributed by atoms with Crippen molar-refractivity contribution in [3.05, 3.63) is 60.2 Å². The van der Waals surface area contributed by atoms with Crippen LogP contribution in [0.4, 0.5) is 0 Å². The molecular weight excluding hydrogens is 390 g/mol. The number of ether oxygens (including phenoxy) is 3. The van der Waals surface area contributed by atoms with Crippen molar-refractivity contribution in [1.82, 2.24) is 5.32 Å². The zero-order valence-corrected chi connectivity index (χ0v) is 17.1. The summed E-state index contributed by atoms with van der Waals surface area (Å²) in [6.07, 6.45) is 1.01. The predicted molar refractivity (Wildman–Crippen MR) is 112 cm³/mol. The first-order valence-electron chi connectivity index (χ1n) is 9.67. The van der Waals surface area contributed by atoms with Crippen LogP contribution in [0.15, 0.2) is 54.6 Å². The van der Waals surface area contributed by atoms with Gasteiger partial charge in [0.05, 0.1) is 19.8 Å². The number of carboxylic acid groups (broad SMARTS) is 2. The number of hydrogen-bond donors (Lipinski definition) is 3. The molecule has 0 aliphatic heterocycles. The van der Waals surface area contributed by atoms with Gasteiger partial charge in [-0.05, 0) is 36.2 Å². The fourth-order valence-electron chi connectivity index (χ4n) is 2.15. The molecule has 0 heterocycles. The van der Waals surface area contributed by atoms with Gasteiger partial charge < -0.3 is 29.7 Å². The molecule has 0 aliphatic rings. The van der Waals surface area contributed by atoms with Gasteiger partial charge in [0, 0.05) is 13.1 Å². The van der Waals surface area contributed by atoms with Gasteiger partial charge >= 0.3 is 11.9 Å². The first-order valence-corrected chi connectivity index (χ1v) is 9.67. The molecule has 0 aliphatic carbocycles. The highest BCUT2D eigenvalue weighted by Crippen LogP contribution is 2.17. The molecule has 0 fully saturated rings. The van der Waals surface area contributed by atoms with Crippen LogP contribution in [0.2, 0.25) is 0 Å². The van der Waals surface area contributed by atoms with Crippen molar-refractivity contribution in [2.45, 2.75) is 19.9 Å². The minimum Gasteiger partial charge on any atom is -0.494 e.